The van der Waals surface area contributed by atoms with Gasteiger partial charge in [-0.05, 0) is 49.4 Å². The van der Waals surface area contributed by atoms with Crippen LogP contribution < -0.4 is 0 Å². The second-order valence-electron chi connectivity index (χ2n) is 6.47. The molecule has 102 valence electrons. The van der Waals surface area contributed by atoms with Crippen molar-refractivity contribution < 1.29 is 0 Å². The first kappa shape index (κ1) is 17.0. The average molecular weight is 238 g/mol. The van der Waals surface area contributed by atoms with E-state index in [9.17, 15) is 0 Å². The SMILES string of the molecule is [CH2]C(C)CCCC(C)CC(C)CC(C)C[CH]C. The highest BCUT2D eigenvalue weighted by Crippen LogP contribution is 2.25. The first-order chi connectivity index (χ1) is 7.95. The van der Waals surface area contributed by atoms with E-state index >= 15 is 0 Å². The smallest absolute Gasteiger partial charge is 0.0414 e. The van der Waals surface area contributed by atoms with E-state index in [1.165, 1.54) is 38.5 Å². The predicted molar refractivity (Wildman–Crippen MR) is 79.7 cm³/mol. The second-order valence-corrected chi connectivity index (χ2v) is 6.47. The first-order valence-electron chi connectivity index (χ1n) is 7.56. The Morgan fingerprint density at radius 3 is 2.00 bits per heavy atom. The minimum Gasteiger partial charge on any atom is -0.0625 e. The van der Waals surface area contributed by atoms with Gasteiger partial charge in [-0.15, -0.1) is 0 Å². The lowest BCUT2D eigenvalue weighted by Crippen LogP contribution is -2.08. The summed E-state index contributed by atoms with van der Waals surface area (Å²) in [5.41, 5.74) is 0. The molecule has 0 aliphatic heterocycles. The third-order valence-corrected chi connectivity index (χ3v) is 3.64. The molecule has 0 aromatic rings. The van der Waals surface area contributed by atoms with Crippen LogP contribution in [0.1, 0.15) is 73.1 Å². The molecular formula is C17H34. The lowest BCUT2D eigenvalue weighted by molar-refractivity contribution is 0.324. The van der Waals surface area contributed by atoms with Gasteiger partial charge in [0.05, 0.1) is 0 Å². The topological polar surface area (TPSA) is 0 Å². The second kappa shape index (κ2) is 9.97. The van der Waals surface area contributed by atoms with Crippen molar-refractivity contribution in [3.8, 4) is 0 Å². The standard InChI is InChI=1S/C17H34/c1-7-9-15(4)12-17(6)13-16(5)11-8-10-14(2)3/h7,14-17H,2,8-13H2,1,3-6H3. The van der Waals surface area contributed by atoms with E-state index in [0.29, 0.717) is 5.92 Å². The molecule has 0 aromatic carbocycles. The van der Waals surface area contributed by atoms with E-state index in [1.807, 2.05) is 0 Å². The van der Waals surface area contributed by atoms with Crippen LogP contribution in [0.5, 0.6) is 0 Å². The molecule has 0 bridgehead atoms. The normalized spacial score (nSPS) is 17.1. The predicted octanol–water partition coefficient (Wildman–Crippen LogP) is 5.93. The Morgan fingerprint density at radius 2 is 1.47 bits per heavy atom. The summed E-state index contributed by atoms with van der Waals surface area (Å²) >= 11 is 0. The summed E-state index contributed by atoms with van der Waals surface area (Å²) in [6.07, 6.45) is 10.4. The van der Waals surface area contributed by atoms with Gasteiger partial charge >= 0.3 is 0 Å². The zero-order chi connectivity index (χ0) is 13.3. The maximum atomic E-state index is 4.05. The molecule has 0 saturated heterocycles. The van der Waals surface area contributed by atoms with Gasteiger partial charge in [0.2, 0.25) is 0 Å². The highest BCUT2D eigenvalue weighted by atomic mass is 14.2. The molecule has 0 heterocycles. The number of hydrogen-bond donors (Lipinski definition) is 0. The van der Waals surface area contributed by atoms with Crippen LogP contribution in [0.15, 0.2) is 0 Å². The van der Waals surface area contributed by atoms with Crippen LogP contribution in [-0.4, -0.2) is 0 Å². The van der Waals surface area contributed by atoms with Crippen molar-refractivity contribution >= 4 is 0 Å². The summed E-state index contributed by atoms with van der Waals surface area (Å²) in [6.45, 7) is 15.7. The third kappa shape index (κ3) is 10.9. The molecule has 0 N–H and O–H groups in total. The van der Waals surface area contributed by atoms with Crippen molar-refractivity contribution in [1.29, 1.82) is 0 Å². The highest BCUT2D eigenvalue weighted by Gasteiger charge is 2.12. The quantitative estimate of drug-likeness (QED) is 0.442. The molecule has 0 aliphatic rings. The molecule has 0 amide bonds. The zero-order valence-electron chi connectivity index (χ0n) is 12.8. The average Bonchev–Trinajstić information content (AvgIpc) is 2.16. The van der Waals surface area contributed by atoms with Gasteiger partial charge in [0.1, 0.15) is 0 Å². The fourth-order valence-corrected chi connectivity index (χ4v) is 2.90. The van der Waals surface area contributed by atoms with Gasteiger partial charge in [0, 0.05) is 0 Å². The van der Waals surface area contributed by atoms with Crippen LogP contribution in [0.2, 0.25) is 0 Å². The lowest BCUT2D eigenvalue weighted by atomic mass is 9.86. The van der Waals surface area contributed by atoms with Crippen molar-refractivity contribution in [3.05, 3.63) is 13.3 Å². The molecule has 0 saturated carbocycles. The van der Waals surface area contributed by atoms with Gasteiger partial charge in [-0.25, -0.2) is 0 Å². The molecule has 2 radical (unpaired) electrons. The molecule has 0 aliphatic carbocycles. The molecule has 0 fully saturated rings. The molecule has 0 nitrogen and oxygen atoms in total. The van der Waals surface area contributed by atoms with Crippen LogP contribution in [0.4, 0.5) is 0 Å². The Hall–Kier alpha value is 0. The van der Waals surface area contributed by atoms with E-state index in [4.69, 9.17) is 0 Å². The van der Waals surface area contributed by atoms with Gasteiger partial charge < -0.3 is 0 Å². The maximum absolute atomic E-state index is 4.05. The van der Waals surface area contributed by atoms with E-state index in [2.05, 4.69) is 48.0 Å². The molecule has 17 heavy (non-hydrogen) atoms. The van der Waals surface area contributed by atoms with Crippen molar-refractivity contribution in [2.45, 2.75) is 73.1 Å². The fourth-order valence-electron chi connectivity index (χ4n) is 2.90. The zero-order valence-corrected chi connectivity index (χ0v) is 12.8. The van der Waals surface area contributed by atoms with Crippen LogP contribution in [0.25, 0.3) is 0 Å². The summed E-state index contributed by atoms with van der Waals surface area (Å²) in [5, 5.41) is 0. The Labute approximate surface area is 111 Å². The Bertz CT molecular complexity index is 159. The molecular weight excluding hydrogens is 204 g/mol. The summed E-state index contributed by atoms with van der Waals surface area (Å²) in [6, 6.07) is 0. The Morgan fingerprint density at radius 1 is 0.882 bits per heavy atom. The van der Waals surface area contributed by atoms with Crippen LogP contribution in [0.3, 0.4) is 0 Å². The van der Waals surface area contributed by atoms with Crippen LogP contribution in [0, 0.1) is 37.0 Å². The van der Waals surface area contributed by atoms with Gasteiger partial charge in [-0.1, -0.05) is 60.8 Å². The molecule has 4 unspecified atom stereocenters. The largest absolute Gasteiger partial charge is 0.0625 e. The molecule has 4 atom stereocenters. The number of hydrogen-bond acceptors (Lipinski definition) is 0. The fraction of sp³-hybridized carbons (Fsp3) is 0.882. The summed E-state index contributed by atoms with van der Waals surface area (Å²) < 4.78 is 0. The maximum Gasteiger partial charge on any atom is -0.0414 e. The first-order valence-corrected chi connectivity index (χ1v) is 7.56. The third-order valence-electron chi connectivity index (χ3n) is 3.64. The van der Waals surface area contributed by atoms with Gasteiger partial charge in [-0.2, -0.15) is 0 Å². The lowest BCUT2D eigenvalue weighted by Gasteiger charge is -2.20. The van der Waals surface area contributed by atoms with E-state index in [-0.39, 0.29) is 0 Å². The van der Waals surface area contributed by atoms with Gasteiger partial charge in [0.15, 0.2) is 0 Å². The van der Waals surface area contributed by atoms with E-state index < -0.39 is 0 Å². The minimum atomic E-state index is 0.625. The van der Waals surface area contributed by atoms with Crippen molar-refractivity contribution in [3.63, 3.8) is 0 Å². The van der Waals surface area contributed by atoms with Gasteiger partial charge in [-0.3, -0.25) is 0 Å². The molecule has 0 heteroatoms. The Balaban J connectivity index is 3.61. The van der Waals surface area contributed by atoms with Crippen molar-refractivity contribution in [1.82, 2.24) is 0 Å². The number of rotatable bonds is 10. The van der Waals surface area contributed by atoms with Crippen LogP contribution >= 0.6 is 0 Å². The van der Waals surface area contributed by atoms with Gasteiger partial charge in [0.25, 0.3) is 0 Å². The summed E-state index contributed by atoms with van der Waals surface area (Å²) in [5.74, 6) is 3.26. The van der Waals surface area contributed by atoms with Crippen LogP contribution in [-0.2, 0) is 0 Å². The monoisotopic (exact) mass is 238 g/mol. The molecule has 0 rings (SSSR count). The Kier molecular flexibility index (Phi) is 9.97. The highest BCUT2D eigenvalue weighted by molar-refractivity contribution is 4.68. The van der Waals surface area contributed by atoms with E-state index in [1.54, 1.807) is 0 Å². The summed E-state index contributed by atoms with van der Waals surface area (Å²) in [7, 11) is 0. The van der Waals surface area contributed by atoms with Crippen molar-refractivity contribution in [2.24, 2.45) is 23.7 Å². The van der Waals surface area contributed by atoms with E-state index in [0.717, 1.165) is 17.8 Å². The molecule has 0 spiro atoms. The molecule has 0 aromatic heterocycles. The summed E-state index contributed by atoms with van der Waals surface area (Å²) in [4.78, 5) is 0. The van der Waals surface area contributed by atoms with Crippen molar-refractivity contribution in [2.75, 3.05) is 0 Å². The minimum absolute atomic E-state index is 0.625.